The number of methoxy groups -OCH3 is 1. The molecule has 0 saturated carbocycles. The van der Waals surface area contributed by atoms with Crippen molar-refractivity contribution in [2.24, 2.45) is 0 Å². The van der Waals surface area contributed by atoms with Crippen molar-refractivity contribution >= 4 is 35.1 Å². The lowest BCUT2D eigenvalue weighted by molar-refractivity contribution is -0.159. The van der Waals surface area contributed by atoms with Gasteiger partial charge < -0.3 is 14.4 Å². The van der Waals surface area contributed by atoms with Crippen LogP contribution in [0, 0.1) is 0 Å². The maximum absolute atomic E-state index is 13.4. The van der Waals surface area contributed by atoms with Crippen molar-refractivity contribution in [3.63, 3.8) is 0 Å². The van der Waals surface area contributed by atoms with Crippen LogP contribution in [0.15, 0.2) is 48.5 Å². The molecule has 30 heavy (non-hydrogen) atoms. The summed E-state index contributed by atoms with van der Waals surface area (Å²) in [5.74, 6) is -1.18. The molecule has 2 aliphatic heterocycles. The van der Waals surface area contributed by atoms with E-state index in [1.54, 1.807) is 48.5 Å². The highest BCUT2D eigenvalue weighted by atomic mass is 35.5. The molecule has 1 fully saturated rings. The van der Waals surface area contributed by atoms with Crippen LogP contribution >= 0.6 is 11.6 Å². The number of ether oxygens (including phenoxy) is 2. The van der Waals surface area contributed by atoms with Gasteiger partial charge in [-0.05, 0) is 29.8 Å². The topological polar surface area (TPSA) is 76.2 Å². The smallest absolute Gasteiger partial charge is 0.354 e. The summed E-state index contributed by atoms with van der Waals surface area (Å²) in [6, 6.07) is 13.8. The number of halogens is 1. The molecule has 7 nitrogen and oxygen atoms in total. The minimum absolute atomic E-state index is 0.00768. The Morgan fingerprint density at radius 1 is 1.13 bits per heavy atom. The van der Waals surface area contributed by atoms with E-state index in [4.69, 9.17) is 21.1 Å². The van der Waals surface area contributed by atoms with Crippen molar-refractivity contribution in [1.29, 1.82) is 0 Å². The molecule has 0 radical (unpaired) electrons. The van der Waals surface area contributed by atoms with Crippen molar-refractivity contribution in [2.45, 2.75) is 25.1 Å². The number of fused-ring (bicyclic) bond motifs is 3. The van der Waals surface area contributed by atoms with Gasteiger partial charge >= 0.3 is 5.97 Å². The van der Waals surface area contributed by atoms with Gasteiger partial charge in [0.2, 0.25) is 11.6 Å². The predicted octanol–water partition coefficient (Wildman–Crippen LogP) is 3.01. The fourth-order valence-electron chi connectivity index (χ4n) is 4.08. The van der Waals surface area contributed by atoms with Gasteiger partial charge in [0.1, 0.15) is 6.61 Å². The summed E-state index contributed by atoms with van der Waals surface area (Å²) >= 11 is 5.91. The SMILES string of the molecule is COCCN1C(=O)c2ccccc2N2C(=O)CCC12C(=O)OCc1ccc(Cl)cc1. The molecule has 156 valence electrons. The maximum atomic E-state index is 13.4. The van der Waals surface area contributed by atoms with E-state index in [1.807, 2.05) is 0 Å². The van der Waals surface area contributed by atoms with Crippen molar-refractivity contribution in [3.05, 3.63) is 64.7 Å². The largest absolute Gasteiger partial charge is 0.458 e. The first-order valence-corrected chi connectivity index (χ1v) is 10.0. The summed E-state index contributed by atoms with van der Waals surface area (Å²) in [7, 11) is 1.52. The Balaban J connectivity index is 1.72. The van der Waals surface area contributed by atoms with Crippen LogP contribution in [0.1, 0.15) is 28.8 Å². The highest BCUT2D eigenvalue weighted by Crippen LogP contribution is 2.45. The number of anilines is 1. The summed E-state index contributed by atoms with van der Waals surface area (Å²) < 4.78 is 10.8. The van der Waals surface area contributed by atoms with Crippen LogP contribution in [0.4, 0.5) is 5.69 Å². The van der Waals surface area contributed by atoms with Gasteiger partial charge in [0, 0.05) is 31.5 Å². The third-order valence-corrected chi connectivity index (χ3v) is 5.75. The second-order valence-corrected chi connectivity index (χ2v) is 7.65. The van der Waals surface area contributed by atoms with Crippen LogP contribution in [0.5, 0.6) is 0 Å². The third-order valence-electron chi connectivity index (χ3n) is 5.50. The minimum Gasteiger partial charge on any atom is -0.458 e. The van der Waals surface area contributed by atoms with E-state index in [-0.39, 0.29) is 44.4 Å². The van der Waals surface area contributed by atoms with Gasteiger partial charge in [-0.15, -0.1) is 0 Å². The highest BCUT2D eigenvalue weighted by molar-refractivity contribution is 6.30. The standard InChI is InChI=1S/C22H21ClN2O5/c1-29-13-12-24-20(27)17-4-2-3-5-18(17)25-19(26)10-11-22(24,25)21(28)30-14-15-6-8-16(23)9-7-15/h2-9H,10-14H2,1H3. The molecule has 0 aliphatic carbocycles. The van der Waals surface area contributed by atoms with E-state index < -0.39 is 11.6 Å². The normalized spacial score (nSPS) is 20.2. The lowest BCUT2D eigenvalue weighted by Gasteiger charge is -2.48. The number of rotatable bonds is 6. The third kappa shape index (κ3) is 3.24. The number of hydrogen-bond donors (Lipinski definition) is 0. The van der Waals surface area contributed by atoms with Gasteiger partial charge in [-0.3, -0.25) is 14.5 Å². The molecule has 0 N–H and O–H groups in total. The number of carbonyl (C=O) groups excluding carboxylic acids is 3. The van der Waals surface area contributed by atoms with Gasteiger partial charge in [0.05, 0.1) is 17.9 Å². The first-order valence-electron chi connectivity index (χ1n) is 9.63. The Hall–Kier alpha value is -2.90. The number of nitrogens with zero attached hydrogens (tertiary/aromatic N) is 2. The Labute approximate surface area is 179 Å². The van der Waals surface area contributed by atoms with Gasteiger partial charge in [-0.2, -0.15) is 0 Å². The van der Waals surface area contributed by atoms with E-state index in [0.717, 1.165) is 5.56 Å². The zero-order chi connectivity index (χ0) is 21.3. The molecular formula is C22H21ClN2O5. The Bertz CT molecular complexity index is 993. The fourth-order valence-corrected chi connectivity index (χ4v) is 4.21. The number of amides is 2. The Morgan fingerprint density at radius 3 is 2.60 bits per heavy atom. The van der Waals surface area contributed by atoms with Crippen molar-refractivity contribution in [2.75, 3.05) is 25.2 Å². The van der Waals surface area contributed by atoms with Crippen LogP contribution in [0.3, 0.4) is 0 Å². The summed E-state index contributed by atoms with van der Waals surface area (Å²) in [6.45, 7) is 0.388. The van der Waals surface area contributed by atoms with Crippen molar-refractivity contribution in [3.8, 4) is 0 Å². The molecule has 0 aromatic heterocycles. The molecule has 4 rings (SSSR count). The average molecular weight is 429 g/mol. The highest BCUT2D eigenvalue weighted by Gasteiger charge is 2.61. The number of hydrogen-bond acceptors (Lipinski definition) is 5. The lowest BCUT2D eigenvalue weighted by atomic mass is 9.96. The molecule has 1 atom stereocenters. The van der Waals surface area contributed by atoms with Crippen LogP contribution in [0.25, 0.3) is 0 Å². The second kappa shape index (κ2) is 8.08. The van der Waals surface area contributed by atoms with E-state index in [9.17, 15) is 14.4 Å². The molecule has 2 aromatic rings. The van der Waals surface area contributed by atoms with Gasteiger partial charge in [0.25, 0.3) is 5.91 Å². The summed E-state index contributed by atoms with van der Waals surface area (Å²) in [4.78, 5) is 42.4. The fraction of sp³-hybridized carbons (Fsp3) is 0.318. The van der Waals surface area contributed by atoms with Gasteiger partial charge in [0.15, 0.2) is 0 Å². The van der Waals surface area contributed by atoms with E-state index >= 15 is 0 Å². The first kappa shape index (κ1) is 20.4. The molecule has 8 heteroatoms. The van der Waals surface area contributed by atoms with Gasteiger partial charge in [-0.25, -0.2) is 4.79 Å². The predicted molar refractivity (Wildman–Crippen MR) is 110 cm³/mol. The molecule has 2 aromatic carbocycles. The Morgan fingerprint density at radius 2 is 1.87 bits per heavy atom. The molecule has 0 spiro atoms. The first-order chi connectivity index (χ1) is 14.5. The molecular weight excluding hydrogens is 408 g/mol. The summed E-state index contributed by atoms with van der Waals surface area (Å²) in [5.41, 5.74) is 0.0473. The Kier molecular flexibility index (Phi) is 5.49. The van der Waals surface area contributed by atoms with Crippen LogP contribution in [0.2, 0.25) is 5.02 Å². The molecule has 2 amide bonds. The quantitative estimate of drug-likeness (QED) is 0.661. The minimum atomic E-state index is -1.52. The average Bonchev–Trinajstić information content (AvgIpc) is 3.11. The number of carbonyl (C=O) groups is 3. The monoisotopic (exact) mass is 428 g/mol. The van der Waals surface area contributed by atoms with Crippen LogP contribution in [-0.4, -0.2) is 48.6 Å². The van der Waals surface area contributed by atoms with Crippen molar-refractivity contribution in [1.82, 2.24) is 4.90 Å². The van der Waals surface area contributed by atoms with Crippen LogP contribution in [-0.2, 0) is 25.7 Å². The number of esters is 1. The molecule has 2 aliphatic rings. The number of benzene rings is 2. The van der Waals surface area contributed by atoms with E-state index in [2.05, 4.69) is 0 Å². The van der Waals surface area contributed by atoms with Crippen molar-refractivity contribution < 1.29 is 23.9 Å². The van der Waals surface area contributed by atoms with Gasteiger partial charge in [-0.1, -0.05) is 35.9 Å². The molecule has 0 bridgehead atoms. The zero-order valence-corrected chi connectivity index (χ0v) is 17.2. The lowest BCUT2D eigenvalue weighted by Crippen LogP contribution is -2.68. The number of para-hydroxylation sites is 1. The van der Waals surface area contributed by atoms with E-state index in [1.165, 1.54) is 16.9 Å². The molecule has 2 heterocycles. The maximum Gasteiger partial charge on any atom is 0.354 e. The summed E-state index contributed by atoms with van der Waals surface area (Å²) in [6.07, 6.45) is 0.302. The zero-order valence-electron chi connectivity index (χ0n) is 16.5. The second-order valence-electron chi connectivity index (χ2n) is 7.22. The summed E-state index contributed by atoms with van der Waals surface area (Å²) in [5, 5.41) is 0.580. The van der Waals surface area contributed by atoms with Crippen LogP contribution < -0.4 is 4.90 Å². The molecule has 1 unspecified atom stereocenters. The van der Waals surface area contributed by atoms with E-state index in [0.29, 0.717) is 16.3 Å². The molecule has 1 saturated heterocycles.